The summed E-state index contributed by atoms with van der Waals surface area (Å²) in [6.45, 7) is 30.1. The van der Waals surface area contributed by atoms with Crippen molar-refractivity contribution in [2.45, 2.75) is 75.8 Å². The van der Waals surface area contributed by atoms with Gasteiger partial charge in [0, 0.05) is 49.0 Å². The predicted molar refractivity (Wildman–Crippen MR) is 184 cm³/mol. The van der Waals surface area contributed by atoms with Crippen LogP contribution >= 0.6 is 0 Å². The van der Waals surface area contributed by atoms with E-state index in [1.807, 2.05) is 33.8 Å². The third-order valence-corrected chi connectivity index (χ3v) is 7.94. The van der Waals surface area contributed by atoms with Crippen LogP contribution in [0.3, 0.4) is 0 Å². The molecule has 222 valence electrons. The lowest BCUT2D eigenvalue weighted by atomic mass is 9.80. The normalized spacial score (nSPS) is 20.3. The number of hydrogen-bond donors (Lipinski definition) is 1. The second kappa shape index (κ2) is 15.5. The monoisotopic (exact) mass is 554 g/mol. The molecule has 2 N–H and O–H groups in total. The molecular weight excluding hydrogens is 498 g/mol. The fraction of sp³-hybridized carbons (Fsp3) is 0.395. The molecule has 2 aliphatic rings. The summed E-state index contributed by atoms with van der Waals surface area (Å²) in [6, 6.07) is 8.53. The zero-order valence-electron chi connectivity index (χ0n) is 28.0. The summed E-state index contributed by atoms with van der Waals surface area (Å²) in [5, 5.41) is 0. The van der Waals surface area contributed by atoms with E-state index in [1.165, 1.54) is 28.3 Å². The van der Waals surface area contributed by atoms with Crippen molar-refractivity contribution >= 4 is 11.3 Å². The molecule has 0 bridgehead atoms. The fourth-order valence-electron chi connectivity index (χ4n) is 5.59. The third-order valence-electron chi connectivity index (χ3n) is 7.94. The predicted octanol–water partition coefficient (Wildman–Crippen LogP) is 9.59. The number of nitrogens with two attached hydrogens (primary N) is 1. The molecule has 1 aromatic carbocycles. The van der Waals surface area contributed by atoms with Crippen LogP contribution in [0.2, 0.25) is 0 Å². The fourth-order valence-corrected chi connectivity index (χ4v) is 5.59. The summed E-state index contributed by atoms with van der Waals surface area (Å²) < 4.78 is 2.31. The molecule has 0 amide bonds. The van der Waals surface area contributed by atoms with E-state index in [0.717, 1.165) is 22.4 Å². The van der Waals surface area contributed by atoms with Gasteiger partial charge in [-0.1, -0.05) is 109 Å². The molecule has 1 saturated heterocycles. The SMILES string of the molecule is C=C/C=C1\C(=C)N(C)\C(=C/C=C(/C=C/C2=[N+](C)C(C)=C(/C=C\C)C2(C)C)c2ccc(CN)cc2)C1(C)C.CC.CC. The Balaban J connectivity index is 0.00000201. The zero-order valence-corrected chi connectivity index (χ0v) is 28.0. The highest BCUT2D eigenvalue weighted by atomic mass is 15.2. The number of rotatable bonds is 7. The number of likely N-dealkylation sites (N-methyl/N-ethyl adjacent to an activating group) is 1. The topological polar surface area (TPSA) is 32.3 Å². The summed E-state index contributed by atoms with van der Waals surface area (Å²) in [5.74, 6) is 0. The molecule has 3 rings (SSSR count). The summed E-state index contributed by atoms with van der Waals surface area (Å²) >= 11 is 0. The first-order valence-corrected chi connectivity index (χ1v) is 15.0. The maximum absolute atomic E-state index is 5.87. The van der Waals surface area contributed by atoms with Crippen molar-refractivity contribution in [1.82, 2.24) is 4.90 Å². The molecule has 0 aromatic heterocycles. The molecule has 0 aliphatic carbocycles. The average Bonchev–Trinajstić information content (AvgIpc) is 3.23. The van der Waals surface area contributed by atoms with Crippen LogP contribution in [-0.2, 0) is 6.54 Å². The van der Waals surface area contributed by atoms with Crippen molar-refractivity contribution in [3.05, 3.63) is 125 Å². The van der Waals surface area contributed by atoms with Crippen LogP contribution in [0.25, 0.3) is 5.57 Å². The lowest BCUT2D eigenvalue weighted by Gasteiger charge is -2.22. The van der Waals surface area contributed by atoms with Gasteiger partial charge in [-0.15, -0.1) is 0 Å². The van der Waals surface area contributed by atoms with E-state index in [-0.39, 0.29) is 10.8 Å². The van der Waals surface area contributed by atoms with Crippen molar-refractivity contribution in [3.8, 4) is 0 Å². The Morgan fingerprint density at radius 3 is 2.07 bits per heavy atom. The molecule has 1 fully saturated rings. The average molecular weight is 555 g/mol. The Morgan fingerprint density at radius 1 is 0.976 bits per heavy atom. The third kappa shape index (κ3) is 7.45. The molecule has 1 aromatic rings. The molecule has 0 unspecified atom stereocenters. The Kier molecular flexibility index (Phi) is 13.5. The van der Waals surface area contributed by atoms with Crippen LogP contribution in [0.1, 0.15) is 80.4 Å². The van der Waals surface area contributed by atoms with Gasteiger partial charge in [0.15, 0.2) is 11.4 Å². The zero-order chi connectivity index (χ0) is 31.5. The maximum Gasteiger partial charge on any atom is 0.191 e. The molecule has 3 heteroatoms. The lowest BCUT2D eigenvalue weighted by Crippen LogP contribution is -2.24. The molecule has 0 spiro atoms. The Morgan fingerprint density at radius 2 is 1.56 bits per heavy atom. The van der Waals surface area contributed by atoms with Gasteiger partial charge in [0.05, 0.1) is 5.41 Å². The van der Waals surface area contributed by atoms with Crippen LogP contribution in [0.15, 0.2) is 114 Å². The van der Waals surface area contributed by atoms with Gasteiger partial charge in [-0.3, -0.25) is 0 Å². The van der Waals surface area contributed by atoms with Crippen molar-refractivity contribution in [2.24, 2.45) is 16.6 Å². The molecular formula is C38H56N3+. The molecule has 2 aliphatic heterocycles. The molecule has 0 saturated carbocycles. The van der Waals surface area contributed by atoms with Crippen LogP contribution < -0.4 is 5.73 Å². The van der Waals surface area contributed by atoms with Gasteiger partial charge in [-0.05, 0) is 55.2 Å². The number of likely N-dealkylation sites (tertiary alicyclic amines) is 1. The van der Waals surface area contributed by atoms with E-state index >= 15 is 0 Å². The first-order chi connectivity index (χ1) is 19.4. The van der Waals surface area contributed by atoms with Gasteiger partial charge in [-0.2, -0.15) is 0 Å². The van der Waals surface area contributed by atoms with Crippen molar-refractivity contribution in [1.29, 1.82) is 0 Å². The van der Waals surface area contributed by atoms with Gasteiger partial charge < -0.3 is 10.6 Å². The van der Waals surface area contributed by atoms with Crippen molar-refractivity contribution in [2.75, 3.05) is 14.1 Å². The Bertz CT molecular complexity index is 1300. The Labute approximate surface area is 252 Å². The summed E-state index contributed by atoms with van der Waals surface area (Å²) in [4.78, 5) is 2.18. The smallest absolute Gasteiger partial charge is 0.191 e. The van der Waals surface area contributed by atoms with Crippen LogP contribution in [0, 0.1) is 10.8 Å². The van der Waals surface area contributed by atoms with Gasteiger partial charge >= 0.3 is 0 Å². The number of nitrogens with zero attached hydrogens (tertiary/aromatic N) is 2. The van der Waals surface area contributed by atoms with Crippen LogP contribution in [0.4, 0.5) is 0 Å². The van der Waals surface area contributed by atoms with Gasteiger partial charge in [0.1, 0.15) is 7.05 Å². The first-order valence-electron chi connectivity index (χ1n) is 15.0. The molecule has 2 heterocycles. The Hall–Kier alpha value is -3.43. The van der Waals surface area contributed by atoms with Gasteiger partial charge in [0.25, 0.3) is 0 Å². The second-order valence-corrected chi connectivity index (χ2v) is 10.9. The number of benzene rings is 1. The van der Waals surface area contributed by atoms with Crippen LogP contribution in [0.5, 0.6) is 0 Å². The van der Waals surface area contributed by atoms with E-state index < -0.39 is 0 Å². The minimum absolute atomic E-state index is 0.0788. The summed E-state index contributed by atoms with van der Waals surface area (Å²) in [5.41, 5.74) is 16.4. The molecule has 3 nitrogen and oxygen atoms in total. The van der Waals surface area contributed by atoms with E-state index in [9.17, 15) is 0 Å². The maximum atomic E-state index is 5.87. The van der Waals surface area contributed by atoms with Gasteiger partial charge in [-0.25, -0.2) is 4.58 Å². The summed E-state index contributed by atoms with van der Waals surface area (Å²) in [6.07, 6.45) is 17.2. The van der Waals surface area contributed by atoms with Gasteiger partial charge in [0.2, 0.25) is 0 Å². The highest BCUT2D eigenvalue weighted by molar-refractivity contribution is 6.01. The summed E-state index contributed by atoms with van der Waals surface area (Å²) in [7, 11) is 4.24. The number of hydrogen-bond acceptors (Lipinski definition) is 2. The highest BCUT2D eigenvalue weighted by Crippen LogP contribution is 2.48. The van der Waals surface area contributed by atoms with Crippen LogP contribution in [-0.4, -0.2) is 29.3 Å². The van der Waals surface area contributed by atoms with E-state index in [1.54, 1.807) is 0 Å². The molecule has 0 radical (unpaired) electrons. The van der Waals surface area contributed by atoms with E-state index in [2.05, 4.69) is 145 Å². The van der Waals surface area contributed by atoms with E-state index in [4.69, 9.17) is 5.73 Å². The standard InChI is InChI=1S/C34H44N3.2C2H6/c1-11-13-29-24(3)36(9)31(33(29,5)6)21-19-28(27-17-15-26(23-35)16-18-27)20-22-32-34(7,8)30(14-12-2)25(4)37(32)10;2*1-2/h11-22H,1,3,23,35H2,2,4-10H3;2*1-2H3/q+1;;/b14-12-,29-13+;;. The first kappa shape index (κ1) is 35.6. The van der Waals surface area contributed by atoms with Crippen molar-refractivity contribution < 1.29 is 4.58 Å². The minimum atomic E-state index is -0.167. The second-order valence-electron chi connectivity index (χ2n) is 10.9. The quantitative estimate of drug-likeness (QED) is 0.269. The molecule has 0 atom stereocenters. The van der Waals surface area contributed by atoms with Crippen molar-refractivity contribution in [3.63, 3.8) is 0 Å². The van der Waals surface area contributed by atoms with E-state index in [0.29, 0.717) is 6.54 Å². The lowest BCUT2D eigenvalue weighted by molar-refractivity contribution is -0.440. The number of allylic oxidation sites excluding steroid dienone is 13. The minimum Gasteiger partial charge on any atom is -0.348 e. The largest absolute Gasteiger partial charge is 0.348 e. The highest BCUT2D eigenvalue weighted by Gasteiger charge is 2.42. The molecule has 41 heavy (non-hydrogen) atoms.